The van der Waals surface area contributed by atoms with E-state index in [0.717, 1.165) is 22.8 Å². The first-order valence-electron chi connectivity index (χ1n) is 6.22. The van der Waals surface area contributed by atoms with Crippen LogP contribution in [0.3, 0.4) is 0 Å². The Morgan fingerprint density at radius 2 is 1.94 bits per heavy atom. The van der Waals surface area contributed by atoms with Crippen LogP contribution in [0.5, 0.6) is 10.8 Å². The van der Waals surface area contributed by atoms with Gasteiger partial charge in [0.2, 0.25) is 0 Å². The second-order valence-corrected chi connectivity index (χ2v) is 5.40. The number of unbranched alkanes of at least 4 members (excludes halogenated alkanes) is 1. The highest BCUT2D eigenvalue weighted by atomic mass is 35.5. The third-order valence-corrected chi connectivity index (χ3v) is 3.91. The van der Waals surface area contributed by atoms with E-state index < -0.39 is 0 Å². The summed E-state index contributed by atoms with van der Waals surface area (Å²) in [5.74, 6) is 1.41. The van der Waals surface area contributed by atoms with Crippen molar-refractivity contribution in [3.8, 4) is 10.8 Å². The van der Waals surface area contributed by atoms with Gasteiger partial charge in [0.05, 0.1) is 0 Å². The van der Waals surface area contributed by atoms with Crippen LogP contribution in [0.4, 0.5) is 0 Å². The lowest BCUT2D eigenvalue weighted by Crippen LogP contribution is -1.83. The number of ether oxygens (including phenoxy) is 1. The highest BCUT2D eigenvalue weighted by Crippen LogP contribution is 2.29. The van der Waals surface area contributed by atoms with Crippen molar-refractivity contribution >= 4 is 22.9 Å². The normalized spacial score (nSPS) is 10.6. The van der Waals surface area contributed by atoms with Crippen molar-refractivity contribution in [1.82, 2.24) is 0 Å². The summed E-state index contributed by atoms with van der Waals surface area (Å²) >= 11 is 7.41. The smallest absolute Gasteiger partial charge is 0.181 e. The maximum Gasteiger partial charge on any atom is 0.181 e. The van der Waals surface area contributed by atoms with E-state index in [9.17, 15) is 0 Å². The maximum atomic E-state index is 5.81. The molecule has 0 spiro atoms. The van der Waals surface area contributed by atoms with E-state index in [4.69, 9.17) is 16.3 Å². The fourth-order valence-corrected chi connectivity index (χ4v) is 2.68. The molecule has 18 heavy (non-hydrogen) atoms. The zero-order valence-corrected chi connectivity index (χ0v) is 12.1. The Labute approximate surface area is 117 Å². The van der Waals surface area contributed by atoms with Crippen molar-refractivity contribution in [2.24, 2.45) is 0 Å². The fourth-order valence-electron chi connectivity index (χ4n) is 1.68. The van der Waals surface area contributed by atoms with Gasteiger partial charge in [-0.25, -0.2) is 0 Å². The molecule has 0 aliphatic rings. The number of alkyl halides is 1. The van der Waals surface area contributed by atoms with E-state index in [1.165, 1.54) is 18.4 Å². The average Bonchev–Trinajstić information content (AvgIpc) is 2.85. The highest BCUT2D eigenvalue weighted by molar-refractivity contribution is 7.12. The molecule has 0 saturated heterocycles. The van der Waals surface area contributed by atoms with Gasteiger partial charge in [-0.2, -0.15) is 0 Å². The predicted octanol–water partition coefficient (Wildman–Crippen LogP) is 5.62. The molecule has 0 bridgehead atoms. The van der Waals surface area contributed by atoms with Gasteiger partial charge in [0.1, 0.15) is 5.75 Å². The van der Waals surface area contributed by atoms with E-state index in [2.05, 4.69) is 18.4 Å². The van der Waals surface area contributed by atoms with Crippen LogP contribution in [0, 0.1) is 0 Å². The summed E-state index contributed by atoms with van der Waals surface area (Å²) in [6, 6.07) is 10.0. The summed E-state index contributed by atoms with van der Waals surface area (Å²) < 4.78 is 5.81. The molecule has 0 unspecified atom stereocenters. The lowest BCUT2D eigenvalue weighted by atomic mass is 10.2. The summed E-state index contributed by atoms with van der Waals surface area (Å²) in [4.78, 5) is 0. The van der Waals surface area contributed by atoms with Gasteiger partial charge in [-0.3, -0.25) is 0 Å². The molecule has 0 aliphatic heterocycles. The molecule has 1 aromatic carbocycles. The van der Waals surface area contributed by atoms with Gasteiger partial charge < -0.3 is 4.74 Å². The summed E-state index contributed by atoms with van der Waals surface area (Å²) in [5.41, 5.74) is 2.48. The van der Waals surface area contributed by atoms with Crippen LogP contribution in [0.1, 0.15) is 30.9 Å². The minimum Gasteiger partial charge on any atom is -0.447 e. The van der Waals surface area contributed by atoms with Crippen molar-refractivity contribution in [1.29, 1.82) is 0 Å². The molecule has 96 valence electrons. The summed E-state index contributed by atoms with van der Waals surface area (Å²) in [5, 5.41) is 3.14. The van der Waals surface area contributed by atoms with Gasteiger partial charge in [-0.05, 0) is 47.5 Å². The summed E-state index contributed by atoms with van der Waals surface area (Å²) in [7, 11) is 0. The van der Waals surface area contributed by atoms with Crippen molar-refractivity contribution in [3.05, 3.63) is 46.8 Å². The molecule has 0 fully saturated rings. The van der Waals surface area contributed by atoms with Crippen LogP contribution >= 0.6 is 22.9 Å². The Morgan fingerprint density at radius 1 is 1.17 bits per heavy atom. The van der Waals surface area contributed by atoms with Gasteiger partial charge in [0.15, 0.2) is 5.06 Å². The van der Waals surface area contributed by atoms with Gasteiger partial charge in [-0.15, -0.1) is 22.9 Å². The quantitative estimate of drug-likeness (QED) is 0.624. The first-order chi connectivity index (χ1) is 8.81. The van der Waals surface area contributed by atoms with E-state index >= 15 is 0 Å². The molecular weight excluding hydrogens is 264 g/mol. The van der Waals surface area contributed by atoms with Gasteiger partial charge in [-0.1, -0.05) is 25.5 Å². The molecule has 0 aliphatic carbocycles. The SMILES string of the molecule is CCCCc1csc(Oc2ccc(CCl)cc2)c1. The predicted molar refractivity (Wildman–Crippen MR) is 79.0 cm³/mol. The van der Waals surface area contributed by atoms with Crippen LogP contribution in [-0.2, 0) is 12.3 Å². The number of thiophene rings is 1. The van der Waals surface area contributed by atoms with E-state index in [1.54, 1.807) is 11.3 Å². The van der Waals surface area contributed by atoms with E-state index in [1.807, 2.05) is 24.3 Å². The summed E-state index contributed by atoms with van der Waals surface area (Å²) in [6.45, 7) is 2.21. The molecular formula is C15H17ClOS. The van der Waals surface area contributed by atoms with Crippen molar-refractivity contribution in [2.45, 2.75) is 32.1 Å². The van der Waals surface area contributed by atoms with Crippen LogP contribution in [-0.4, -0.2) is 0 Å². The topological polar surface area (TPSA) is 9.23 Å². The Bertz CT molecular complexity index is 475. The third-order valence-electron chi connectivity index (χ3n) is 2.74. The molecule has 0 N–H and O–H groups in total. The minimum absolute atomic E-state index is 0.542. The zero-order valence-electron chi connectivity index (χ0n) is 10.5. The maximum absolute atomic E-state index is 5.81. The first-order valence-corrected chi connectivity index (χ1v) is 7.63. The Morgan fingerprint density at radius 3 is 2.61 bits per heavy atom. The molecule has 0 radical (unpaired) electrons. The largest absolute Gasteiger partial charge is 0.447 e. The van der Waals surface area contributed by atoms with Crippen LogP contribution in [0.15, 0.2) is 35.7 Å². The van der Waals surface area contributed by atoms with Crippen molar-refractivity contribution < 1.29 is 4.74 Å². The Balaban J connectivity index is 1.97. The van der Waals surface area contributed by atoms with Gasteiger partial charge >= 0.3 is 0 Å². The monoisotopic (exact) mass is 280 g/mol. The minimum atomic E-state index is 0.542. The van der Waals surface area contributed by atoms with E-state index in [0.29, 0.717) is 5.88 Å². The fraction of sp³-hybridized carbons (Fsp3) is 0.333. The second-order valence-electron chi connectivity index (χ2n) is 4.26. The molecule has 0 saturated carbocycles. The Hall–Kier alpha value is -0.990. The van der Waals surface area contributed by atoms with E-state index in [-0.39, 0.29) is 0 Å². The number of benzene rings is 1. The second kappa shape index (κ2) is 6.81. The molecule has 1 nitrogen and oxygen atoms in total. The van der Waals surface area contributed by atoms with Crippen LogP contribution in [0.2, 0.25) is 0 Å². The van der Waals surface area contributed by atoms with Gasteiger partial charge in [0.25, 0.3) is 0 Å². The Kier molecular flexibility index (Phi) is 5.09. The number of hydrogen-bond donors (Lipinski definition) is 0. The molecule has 2 rings (SSSR count). The van der Waals surface area contributed by atoms with Crippen molar-refractivity contribution in [2.75, 3.05) is 0 Å². The highest BCUT2D eigenvalue weighted by Gasteiger charge is 2.02. The lowest BCUT2D eigenvalue weighted by Gasteiger charge is -2.03. The number of halogens is 1. The molecule has 3 heteroatoms. The molecule has 0 atom stereocenters. The lowest BCUT2D eigenvalue weighted by molar-refractivity contribution is 0.496. The summed E-state index contributed by atoms with van der Waals surface area (Å²) in [6.07, 6.45) is 3.61. The van der Waals surface area contributed by atoms with Crippen LogP contribution in [0.25, 0.3) is 0 Å². The molecule has 0 amide bonds. The van der Waals surface area contributed by atoms with Gasteiger partial charge in [0, 0.05) is 5.88 Å². The number of aryl methyl sites for hydroxylation is 1. The van der Waals surface area contributed by atoms with Crippen molar-refractivity contribution in [3.63, 3.8) is 0 Å². The molecule has 1 heterocycles. The zero-order chi connectivity index (χ0) is 12.8. The van der Waals surface area contributed by atoms with Crippen LogP contribution < -0.4 is 4.74 Å². The first kappa shape index (κ1) is 13.4. The third kappa shape index (κ3) is 3.76. The molecule has 2 aromatic rings. The average molecular weight is 281 g/mol. The number of hydrogen-bond acceptors (Lipinski definition) is 2. The standard InChI is InChI=1S/C15H17ClOS/c1-2-3-4-13-9-15(18-11-13)17-14-7-5-12(10-16)6-8-14/h5-9,11H,2-4,10H2,1H3. The number of rotatable bonds is 6. The molecule has 1 aromatic heterocycles.